The molecule has 0 spiro atoms. The zero-order valence-corrected chi connectivity index (χ0v) is 14.4. The first-order valence-electron chi connectivity index (χ1n) is 6.96. The van der Waals surface area contributed by atoms with Crippen molar-refractivity contribution in [2.75, 3.05) is 6.79 Å². The average molecular weight is 360 g/mol. The van der Waals surface area contributed by atoms with Gasteiger partial charge in [0.15, 0.2) is 19.8 Å². The van der Waals surface area contributed by atoms with Crippen LogP contribution in [0.25, 0.3) is 5.69 Å². The first-order valence-corrected chi connectivity index (χ1v) is 9.17. The Hall–Kier alpha value is -1.83. The number of nitrogens with zero attached hydrogens (tertiary/aromatic N) is 2. The normalized spacial score (nSPS) is 12.5. The summed E-state index contributed by atoms with van der Waals surface area (Å²) >= 11 is 8.62. The van der Waals surface area contributed by atoms with Gasteiger partial charge in [-0.1, -0.05) is 47.4 Å². The monoisotopic (exact) mass is 360 g/mol. The molecule has 0 radical (unpaired) electrons. The molecule has 0 N–H and O–H groups in total. The van der Waals surface area contributed by atoms with Crippen molar-refractivity contribution in [2.24, 2.45) is 0 Å². The van der Waals surface area contributed by atoms with Gasteiger partial charge < -0.3 is 9.47 Å². The van der Waals surface area contributed by atoms with Crippen molar-refractivity contribution in [3.05, 3.63) is 58.0 Å². The molecule has 3 aromatic rings. The van der Waals surface area contributed by atoms with Crippen LogP contribution in [-0.4, -0.2) is 16.6 Å². The highest BCUT2D eigenvalue weighted by Crippen LogP contribution is 2.35. The molecule has 2 aromatic carbocycles. The Kier molecular flexibility index (Phi) is 4.07. The van der Waals surface area contributed by atoms with Crippen molar-refractivity contribution in [1.29, 1.82) is 0 Å². The zero-order chi connectivity index (χ0) is 15.6. The predicted molar refractivity (Wildman–Crippen MR) is 94.4 cm³/mol. The van der Waals surface area contributed by atoms with Gasteiger partial charge in [0.05, 0.1) is 5.69 Å². The Bertz CT molecular complexity index is 890. The third-order valence-corrected chi connectivity index (χ3v) is 5.77. The maximum absolute atomic E-state index is 5.42. The summed E-state index contributed by atoms with van der Waals surface area (Å²) in [5.74, 6) is 2.43. The maximum Gasteiger partial charge on any atom is 0.231 e. The molecule has 0 fully saturated rings. The number of thioether (sulfide) groups is 1. The van der Waals surface area contributed by atoms with E-state index in [9.17, 15) is 0 Å². The van der Waals surface area contributed by atoms with E-state index in [1.165, 1.54) is 16.9 Å². The van der Waals surface area contributed by atoms with Gasteiger partial charge in [0, 0.05) is 5.75 Å². The van der Waals surface area contributed by atoms with Gasteiger partial charge in [0.2, 0.25) is 6.79 Å². The Morgan fingerprint density at radius 2 is 1.96 bits per heavy atom. The average Bonchev–Trinajstić information content (AvgIpc) is 3.19. The van der Waals surface area contributed by atoms with Crippen molar-refractivity contribution in [3.63, 3.8) is 0 Å². The van der Waals surface area contributed by atoms with E-state index >= 15 is 0 Å². The zero-order valence-electron chi connectivity index (χ0n) is 12.0. The van der Waals surface area contributed by atoms with Gasteiger partial charge in [0.25, 0.3) is 0 Å². The van der Waals surface area contributed by atoms with E-state index in [0.717, 1.165) is 31.2 Å². The number of hydrogen-bond acceptors (Lipinski definition) is 6. The predicted octanol–water partition coefficient (Wildman–Crippen LogP) is 4.68. The van der Waals surface area contributed by atoms with Crippen LogP contribution in [0.4, 0.5) is 0 Å². The van der Waals surface area contributed by atoms with Crippen LogP contribution in [0, 0.1) is 3.95 Å². The fourth-order valence-electron chi connectivity index (χ4n) is 2.23. The van der Waals surface area contributed by atoms with Crippen molar-refractivity contribution in [3.8, 4) is 17.2 Å². The topological polar surface area (TPSA) is 36.3 Å². The van der Waals surface area contributed by atoms with Crippen molar-refractivity contribution < 1.29 is 9.47 Å². The molecule has 1 aromatic heterocycles. The van der Waals surface area contributed by atoms with Gasteiger partial charge in [-0.25, -0.2) is 4.68 Å². The fourth-order valence-corrected chi connectivity index (χ4v) is 4.53. The molecule has 0 saturated heterocycles. The van der Waals surface area contributed by atoms with Crippen molar-refractivity contribution >= 4 is 35.3 Å². The minimum atomic E-state index is 0.300. The first kappa shape index (κ1) is 14.7. The summed E-state index contributed by atoms with van der Waals surface area (Å²) in [4.78, 5) is 0. The van der Waals surface area contributed by atoms with Crippen LogP contribution < -0.4 is 9.47 Å². The molecule has 0 aliphatic carbocycles. The highest BCUT2D eigenvalue weighted by molar-refractivity contribution is 8.00. The summed E-state index contributed by atoms with van der Waals surface area (Å²) in [5, 5.41) is 4.61. The summed E-state index contributed by atoms with van der Waals surface area (Å²) in [5.41, 5.74) is 2.16. The quantitative estimate of drug-likeness (QED) is 0.498. The van der Waals surface area contributed by atoms with Crippen LogP contribution in [0.3, 0.4) is 0 Å². The largest absolute Gasteiger partial charge is 0.454 e. The van der Waals surface area contributed by atoms with E-state index in [-0.39, 0.29) is 0 Å². The Labute approximate surface area is 146 Å². The molecule has 1 aliphatic heterocycles. The van der Waals surface area contributed by atoms with Crippen molar-refractivity contribution in [2.45, 2.75) is 10.1 Å². The molecule has 116 valence electrons. The van der Waals surface area contributed by atoms with Crippen LogP contribution in [0.1, 0.15) is 5.56 Å². The number of hydrogen-bond donors (Lipinski definition) is 0. The van der Waals surface area contributed by atoms with Gasteiger partial charge in [-0.2, -0.15) is 0 Å². The molecule has 4 nitrogen and oxygen atoms in total. The van der Waals surface area contributed by atoms with E-state index in [0.29, 0.717) is 6.79 Å². The lowest BCUT2D eigenvalue weighted by Gasteiger charge is -2.01. The number of benzene rings is 2. The lowest BCUT2D eigenvalue weighted by molar-refractivity contribution is 0.174. The Morgan fingerprint density at radius 1 is 1.13 bits per heavy atom. The molecule has 7 heteroatoms. The molecule has 0 amide bonds. The number of ether oxygens (including phenoxy) is 2. The van der Waals surface area contributed by atoms with E-state index in [2.05, 4.69) is 5.10 Å². The van der Waals surface area contributed by atoms with E-state index in [1.807, 2.05) is 53.2 Å². The summed E-state index contributed by atoms with van der Waals surface area (Å²) < 4.78 is 14.3. The van der Waals surface area contributed by atoms with E-state index in [4.69, 9.17) is 21.7 Å². The number of fused-ring (bicyclic) bond motifs is 1. The molecule has 4 rings (SSSR count). The maximum atomic E-state index is 5.42. The van der Waals surface area contributed by atoms with Gasteiger partial charge in [-0.3, -0.25) is 0 Å². The fraction of sp³-hybridized carbons (Fsp3) is 0.125. The van der Waals surface area contributed by atoms with Gasteiger partial charge >= 0.3 is 0 Å². The molecule has 23 heavy (non-hydrogen) atoms. The van der Waals surface area contributed by atoms with Crippen LogP contribution in [-0.2, 0) is 5.75 Å². The second-order valence-electron chi connectivity index (χ2n) is 4.86. The second kappa shape index (κ2) is 6.35. The number of para-hydroxylation sites is 1. The molecule has 0 saturated carbocycles. The van der Waals surface area contributed by atoms with E-state index < -0.39 is 0 Å². The van der Waals surface area contributed by atoms with Crippen LogP contribution in [0.2, 0.25) is 0 Å². The first-order chi connectivity index (χ1) is 11.3. The molecule has 2 heterocycles. The third kappa shape index (κ3) is 3.12. The summed E-state index contributed by atoms with van der Waals surface area (Å²) in [6.45, 7) is 0.300. The van der Waals surface area contributed by atoms with Crippen LogP contribution >= 0.6 is 35.3 Å². The molecular weight excluding hydrogens is 348 g/mol. The number of rotatable bonds is 4. The van der Waals surface area contributed by atoms with Crippen molar-refractivity contribution in [1.82, 2.24) is 9.78 Å². The smallest absolute Gasteiger partial charge is 0.231 e. The second-order valence-corrected chi connectivity index (χ2v) is 7.70. The van der Waals surface area contributed by atoms with Crippen LogP contribution in [0.15, 0.2) is 52.9 Å². The Morgan fingerprint density at radius 3 is 2.83 bits per heavy atom. The highest BCUT2D eigenvalue weighted by atomic mass is 32.2. The molecule has 0 unspecified atom stereocenters. The highest BCUT2D eigenvalue weighted by Gasteiger charge is 2.13. The molecule has 1 aliphatic rings. The third-order valence-electron chi connectivity index (χ3n) is 3.33. The molecule has 0 bridgehead atoms. The van der Waals surface area contributed by atoms with Gasteiger partial charge in [-0.15, -0.1) is 5.10 Å². The summed E-state index contributed by atoms with van der Waals surface area (Å²) in [7, 11) is 0. The summed E-state index contributed by atoms with van der Waals surface area (Å²) in [6.07, 6.45) is 0. The Balaban J connectivity index is 1.51. The van der Waals surface area contributed by atoms with Gasteiger partial charge in [-0.05, 0) is 42.0 Å². The summed E-state index contributed by atoms with van der Waals surface area (Å²) in [6, 6.07) is 16.0. The lowest BCUT2D eigenvalue weighted by atomic mass is 10.2. The molecule has 0 atom stereocenters. The van der Waals surface area contributed by atoms with Crippen LogP contribution in [0.5, 0.6) is 11.5 Å². The van der Waals surface area contributed by atoms with E-state index in [1.54, 1.807) is 11.8 Å². The lowest BCUT2D eigenvalue weighted by Crippen LogP contribution is -1.95. The molecular formula is C16H12N2O2S3. The minimum absolute atomic E-state index is 0.300. The minimum Gasteiger partial charge on any atom is -0.454 e. The van der Waals surface area contributed by atoms with Gasteiger partial charge in [0.1, 0.15) is 0 Å². The SMILES string of the molecule is S=c1sc(SCc2ccc3c(c2)OCO3)nn1-c1ccccc1. The standard InChI is InChI=1S/C16H12N2O2S3/c21-16-18(12-4-2-1-3-5-12)17-15(23-16)22-9-11-6-7-13-14(8-11)20-10-19-13/h1-8H,9-10H2. The number of aromatic nitrogens is 2.